The van der Waals surface area contributed by atoms with E-state index < -0.39 is 5.82 Å². The molecule has 3 rings (SSSR count). The van der Waals surface area contributed by atoms with Gasteiger partial charge in [0, 0.05) is 10.7 Å². The smallest absolute Gasteiger partial charge is 0.160 e. The second-order valence-corrected chi connectivity index (χ2v) is 5.94. The second kappa shape index (κ2) is 6.79. The van der Waals surface area contributed by atoms with Gasteiger partial charge in [-0.2, -0.15) is 0 Å². The molecular formula is C16H14BrFN6. The van der Waals surface area contributed by atoms with Crippen molar-refractivity contribution in [1.29, 1.82) is 0 Å². The summed E-state index contributed by atoms with van der Waals surface area (Å²) in [6.07, 6.45) is 3.01. The molecule has 0 radical (unpaired) electrons. The van der Waals surface area contributed by atoms with Crippen molar-refractivity contribution in [3.63, 3.8) is 0 Å². The highest BCUT2D eigenvalue weighted by Crippen LogP contribution is 2.29. The van der Waals surface area contributed by atoms with E-state index in [0.29, 0.717) is 21.9 Å². The number of halogens is 2. The van der Waals surface area contributed by atoms with Gasteiger partial charge >= 0.3 is 0 Å². The van der Waals surface area contributed by atoms with E-state index in [4.69, 9.17) is 5.73 Å². The Morgan fingerprint density at radius 1 is 1.04 bits per heavy atom. The van der Waals surface area contributed by atoms with Crippen molar-refractivity contribution < 1.29 is 4.39 Å². The first-order valence-corrected chi connectivity index (χ1v) is 7.85. The van der Waals surface area contributed by atoms with Gasteiger partial charge in [0.1, 0.15) is 23.6 Å². The topological polar surface area (TPSA) is 88.8 Å². The van der Waals surface area contributed by atoms with Crippen LogP contribution in [0.4, 0.5) is 33.2 Å². The number of nitrogens with one attached hydrogen (secondary N) is 2. The number of benzene rings is 1. The molecule has 24 heavy (non-hydrogen) atoms. The summed E-state index contributed by atoms with van der Waals surface area (Å²) in [6.45, 7) is 1.92. The van der Waals surface area contributed by atoms with Crippen molar-refractivity contribution in [2.45, 2.75) is 6.92 Å². The Balaban J connectivity index is 1.89. The van der Waals surface area contributed by atoms with Crippen molar-refractivity contribution in [3.8, 4) is 0 Å². The van der Waals surface area contributed by atoms with Crippen LogP contribution in [0.15, 0.2) is 47.3 Å². The summed E-state index contributed by atoms with van der Waals surface area (Å²) in [6, 6.07) is 8.43. The SMILES string of the molecule is Cc1cccnc1Nc1ncnc(Nc2ccc(Br)cc2F)c1N. The van der Waals surface area contributed by atoms with Gasteiger partial charge in [-0.1, -0.05) is 22.0 Å². The molecule has 0 aliphatic rings. The fraction of sp³-hybridized carbons (Fsp3) is 0.0625. The Morgan fingerprint density at radius 3 is 2.50 bits per heavy atom. The van der Waals surface area contributed by atoms with Crippen LogP contribution in [-0.2, 0) is 0 Å². The molecular weight excluding hydrogens is 375 g/mol. The van der Waals surface area contributed by atoms with Crippen LogP contribution in [0.5, 0.6) is 0 Å². The zero-order valence-electron chi connectivity index (χ0n) is 12.7. The molecule has 0 amide bonds. The van der Waals surface area contributed by atoms with Gasteiger partial charge in [-0.25, -0.2) is 19.3 Å². The highest BCUT2D eigenvalue weighted by Gasteiger charge is 2.12. The van der Waals surface area contributed by atoms with Crippen LogP contribution in [-0.4, -0.2) is 15.0 Å². The molecule has 1 aromatic carbocycles. The summed E-state index contributed by atoms with van der Waals surface area (Å²) in [5.74, 6) is 0.926. The predicted octanol–water partition coefficient (Wildman–Crippen LogP) is 4.15. The summed E-state index contributed by atoms with van der Waals surface area (Å²) in [7, 11) is 0. The molecule has 3 aromatic rings. The predicted molar refractivity (Wildman–Crippen MR) is 96.1 cm³/mol. The van der Waals surface area contributed by atoms with Crippen molar-refractivity contribution in [2.75, 3.05) is 16.4 Å². The van der Waals surface area contributed by atoms with Gasteiger partial charge in [0.05, 0.1) is 5.69 Å². The van der Waals surface area contributed by atoms with Gasteiger partial charge in [0.15, 0.2) is 11.6 Å². The Hall–Kier alpha value is -2.74. The van der Waals surface area contributed by atoms with Gasteiger partial charge in [0.2, 0.25) is 0 Å². The molecule has 2 aromatic heterocycles. The summed E-state index contributed by atoms with van der Waals surface area (Å²) >= 11 is 3.22. The first-order chi connectivity index (χ1) is 11.5. The molecule has 122 valence electrons. The van der Waals surface area contributed by atoms with E-state index in [1.807, 2.05) is 19.1 Å². The van der Waals surface area contributed by atoms with Gasteiger partial charge in [-0.3, -0.25) is 0 Å². The molecule has 0 aliphatic carbocycles. The van der Waals surface area contributed by atoms with Crippen LogP contribution >= 0.6 is 15.9 Å². The molecule has 0 fully saturated rings. The zero-order chi connectivity index (χ0) is 17.1. The molecule has 0 saturated carbocycles. The summed E-state index contributed by atoms with van der Waals surface area (Å²) in [4.78, 5) is 12.4. The van der Waals surface area contributed by atoms with E-state index in [-0.39, 0.29) is 11.4 Å². The maximum absolute atomic E-state index is 14.0. The minimum Gasteiger partial charge on any atom is -0.393 e. The number of aromatic nitrogens is 3. The van der Waals surface area contributed by atoms with Crippen LogP contribution in [0, 0.1) is 12.7 Å². The number of rotatable bonds is 4. The van der Waals surface area contributed by atoms with Gasteiger partial charge < -0.3 is 16.4 Å². The number of hydrogen-bond donors (Lipinski definition) is 3. The minimum absolute atomic E-state index is 0.267. The van der Waals surface area contributed by atoms with E-state index in [0.717, 1.165) is 5.56 Å². The molecule has 8 heteroatoms. The standard InChI is InChI=1S/C16H14BrFN6/c1-9-3-2-6-20-14(9)24-16-13(19)15(21-8-22-16)23-12-5-4-10(17)7-11(12)18/h2-8H,19H2,1H3,(H2,20,21,22,23,24). The van der Waals surface area contributed by atoms with Crippen LogP contribution in [0.3, 0.4) is 0 Å². The maximum Gasteiger partial charge on any atom is 0.160 e. The average molecular weight is 389 g/mol. The third-order valence-corrected chi connectivity index (χ3v) is 3.81. The molecule has 6 nitrogen and oxygen atoms in total. The molecule has 4 N–H and O–H groups in total. The largest absolute Gasteiger partial charge is 0.393 e. The summed E-state index contributed by atoms with van der Waals surface area (Å²) < 4.78 is 14.6. The van der Waals surface area contributed by atoms with Crippen molar-refractivity contribution in [3.05, 3.63) is 58.7 Å². The molecule has 2 heterocycles. The van der Waals surface area contributed by atoms with Crippen LogP contribution in [0.2, 0.25) is 0 Å². The van der Waals surface area contributed by atoms with Crippen molar-refractivity contribution in [2.24, 2.45) is 0 Å². The lowest BCUT2D eigenvalue weighted by Gasteiger charge is -2.13. The van der Waals surface area contributed by atoms with E-state index in [1.165, 1.54) is 12.4 Å². The Kier molecular flexibility index (Phi) is 4.57. The number of hydrogen-bond acceptors (Lipinski definition) is 6. The molecule has 0 saturated heterocycles. The van der Waals surface area contributed by atoms with Crippen molar-refractivity contribution >= 4 is 44.8 Å². The molecule has 0 atom stereocenters. The Labute approximate surface area is 146 Å². The summed E-state index contributed by atoms with van der Waals surface area (Å²) in [5, 5.41) is 5.94. The number of nitrogens with two attached hydrogens (primary N) is 1. The van der Waals surface area contributed by atoms with Crippen LogP contribution in [0.1, 0.15) is 5.56 Å². The van der Waals surface area contributed by atoms with Crippen LogP contribution < -0.4 is 16.4 Å². The lowest BCUT2D eigenvalue weighted by molar-refractivity contribution is 0.631. The maximum atomic E-state index is 14.0. The number of aryl methyl sites for hydroxylation is 1. The third kappa shape index (κ3) is 3.43. The highest BCUT2D eigenvalue weighted by molar-refractivity contribution is 9.10. The third-order valence-electron chi connectivity index (χ3n) is 3.31. The quantitative estimate of drug-likeness (QED) is 0.621. The average Bonchev–Trinajstić information content (AvgIpc) is 2.55. The first kappa shape index (κ1) is 16.1. The molecule has 0 unspecified atom stereocenters. The van der Waals surface area contributed by atoms with Gasteiger partial charge in [0.25, 0.3) is 0 Å². The number of anilines is 5. The summed E-state index contributed by atoms with van der Waals surface area (Å²) in [5.41, 5.74) is 7.58. The second-order valence-electron chi connectivity index (χ2n) is 5.03. The molecule has 0 spiro atoms. The molecule has 0 bridgehead atoms. The van der Waals surface area contributed by atoms with E-state index in [9.17, 15) is 4.39 Å². The number of pyridine rings is 1. The van der Waals surface area contributed by atoms with Crippen LogP contribution in [0.25, 0.3) is 0 Å². The normalized spacial score (nSPS) is 10.5. The molecule has 0 aliphatic heterocycles. The lowest BCUT2D eigenvalue weighted by Crippen LogP contribution is -2.07. The minimum atomic E-state index is -0.419. The zero-order valence-corrected chi connectivity index (χ0v) is 14.3. The highest BCUT2D eigenvalue weighted by atomic mass is 79.9. The van der Waals surface area contributed by atoms with Gasteiger partial charge in [-0.15, -0.1) is 0 Å². The van der Waals surface area contributed by atoms with Crippen molar-refractivity contribution in [1.82, 2.24) is 15.0 Å². The number of nitrogen functional groups attached to an aromatic ring is 1. The van der Waals surface area contributed by atoms with E-state index >= 15 is 0 Å². The Morgan fingerprint density at radius 2 is 1.79 bits per heavy atom. The number of nitrogens with zero attached hydrogens (tertiary/aromatic N) is 3. The van der Waals surface area contributed by atoms with E-state index in [1.54, 1.807) is 18.3 Å². The first-order valence-electron chi connectivity index (χ1n) is 7.06. The fourth-order valence-electron chi connectivity index (χ4n) is 2.04. The lowest BCUT2D eigenvalue weighted by atomic mass is 10.3. The Bertz CT molecular complexity index is 886. The van der Waals surface area contributed by atoms with E-state index in [2.05, 4.69) is 41.5 Å². The fourth-order valence-corrected chi connectivity index (χ4v) is 2.38. The van der Waals surface area contributed by atoms with Gasteiger partial charge in [-0.05, 0) is 36.8 Å². The monoisotopic (exact) mass is 388 g/mol.